The van der Waals surface area contributed by atoms with Crippen LogP contribution < -0.4 is 47.3 Å². The maximum atomic E-state index is 14.8. The molecule has 0 aliphatic carbocycles. The number of benzene rings is 3. The number of nitrogens with two attached hydrogens (primary N) is 3. The zero-order chi connectivity index (χ0) is 50.2. The minimum atomic E-state index is -4.46. The van der Waals surface area contributed by atoms with E-state index in [9.17, 15) is 37.5 Å². The van der Waals surface area contributed by atoms with E-state index in [2.05, 4.69) is 52.0 Å². The molecule has 0 saturated heterocycles. The molecule has 22 heteroatoms. The zero-order valence-corrected chi connectivity index (χ0v) is 39.7. The number of amides is 5. The van der Waals surface area contributed by atoms with Gasteiger partial charge in [-0.1, -0.05) is 51.1 Å². The number of ether oxygens (including phenoxy) is 1. The van der Waals surface area contributed by atoms with Gasteiger partial charge in [-0.2, -0.15) is 18.4 Å². The summed E-state index contributed by atoms with van der Waals surface area (Å²) in [7, 11) is -3.24. The third-order valence-electron chi connectivity index (χ3n) is 11.2. The van der Waals surface area contributed by atoms with E-state index in [1.807, 2.05) is 35.1 Å². The van der Waals surface area contributed by atoms with Gasteiger partial charge in [-0.15, -0.1) is 0 Å². The molecule has 4 bridgehead atoms. The lowest BCUT2D eigenvalue weighted by Gasteiger charge is -2.33. The first-order valence-electron chi connectivity index (χ1n) is 21.6. The van der Waals surface area contributed by atoms with E-state index in [0.29, 0.717) is 17.0 Å². The number of hydrogen-bond donors (Lipinski definition) is 9. The highest BCUT2D eigenvalue weighted by Gasteiger charge is 2.37. The van der Waals surface area contributed by atoms with Gasteiger partial charge in [0.1, 0.15) is 48.8 Å². The van der Waals surface area contributed by atoms with Crippen LogP contribution >= 0.6 is 0 Å². The number of nitriles is 1. The predicted octanol–water partition coefficient (Wildman–Crippen LogP) is 0.503. The van der Waals surface area contributed by atoms with Crippen molar-refractivity contribution in [2.45, 2.75) is 84.1 Å². The Labute approximate surface area is 394 Å². The molecule has 0 saturated carbocycles. The Balaban J connectivity index is 1.62. The summed E-state index contributed by atoms with van der Waals surface area (Å²) in [6.45, 7) is 9.52. The van der Waals surface area contributed by atoms with Crippen LogP contribution in [-0.4, -0.2) is 109 Å². The molecular weight excluding hydrogens is 897 g/mol. The Morgan fingerprint density at radius 1 is 1.00 bits per heavy atom. The quantitative estimate of drug-likeness (QED) is 0.0778. The Bertz CT molecular complexity index is 2710. The fraction of sp³-hybridized carbons (Fsp3) is 0.391. The van der Waals surface area contributed by atoms with Gasteiger partial charge in [0, 0.05) is 55.4 Å². The van der Waals surface area contributed by atoms with Crippen molar-refractivity contribution in [1.29, 1.82) is 5.26 Å². The van der Waals surface area contributed by atoms with Crippen LogP contribution in [0.2, 0.25) is 0 Å². The number of nitrogens with one attached hydrogen (secondary N) is 5. The fourth-order valence-electron chi connectivity index (χ4n) is 7.64. The number of aryl methyl sites for hydroxylation is 2. The van der Waals surface area contributed by atoms with Crippen LogP contribution in [0.15, 0.2) is 54.6 Å². The van der Waals surface area contributed by atoms with Crippen molar-refractivity contribution in [3.8, 4) is 40.1 Å². The molecule has 4 unspecified atom stereocenters. The molecule has 5 amide bonds. The first-order chi connectivity index (χ1) is 32.0. The summed E-state index contributed by atoms with van der Waals surface area (Å²) in [5, 5.41) is 36.4. The van der Waals surface area contributed by atoms with Gasteiger partial charge < -0.3 is 47.5 Å². The van der Waals surface area contributed by atoms with E-state index in [-0.39, 0.29) is 88.8 Å². The van der Waals surface area contributed by atoms with Crippen LogP contribution in [0.5, 0.6) is 11.5 Å². The molecule has 12 N–H and O–H groups in total. The first kappa shape index (κ1) is 51.9. The van der Waals surface area contributed by atoms with Gasteiger partial charge >= 0.3 is 0 Å². The number of carbonyl (C=O) groups excluding carboxylic acids is 5. The van der Waals surface area contributed by atoms with Crippen molar-refractivity contribution >= 4 is 39.7 Å². The highest BCUT2D eigenvalue weighted by atomic mass is 32.2. The van der Waals surface area contributed by atoms with E-state index in [1.54, 1.807) is 32.0 Å². The average Bonchev–Trinajstić information content (AvgIpc) is 3.27. The summed E-state index contributed by atoms with van der Waals surface area (Å²) in [6.07, 6.45) is -0.0989. The monoisotopic (exact) mass is 954 g/mol. The van der Waals surface area contributed by atoms with Crippen molar-refractivity contribution in [1.82, 2.24) is 40.9 Å². The topological polar surface area (TPSA) is 340 Å². The highest BCUT2D eigenvalue weighted by Crippen LogP contribution is 2.41. The van der Waals surface area contributed by atoms with Crippen LogP contribution in [0.25, 0.3) is 22.5 Å². The average molecular weight is 955 g/mol. The van der Waals surface area contributed by atoms with E-state index in [4.69, 9.17) is 26.6 Å². The highest BCUT2D eigenvalue weighted by molar-refractivity contribution is 7.87. The van der Waals surface area contributed by atoms with Gasteiger partial charge in [-0.05, 0) is 67.1 Å². The van der Waals surface area contributed by atoms with Gasteiger partial charge in [0.05, 0.1) is 23.0 Å². The fourth-order valence-corrected chi connectivity index (χ4v) is 8.04. The molecule has 4 aromatic rings. The first-order valence-corrected chi connectivity index (χ1v) is 23.1. The second kappa shape index (κ2) is 21.7. The van der Waals surface area contributed by atoms with Gasteiger partial charge in [-0.3, -0.25) is 24.0 Å². The summed E-state index contributed by atoms with van der Waals surface area (Å²) < 4.78 is 32.5. The van der Waals surface area contributed by atoms with Gasteiger partial charge in [0.15, 0.2) is 5.82 Å². The molecule has 362 valence electrons. The lowest BCUT2D eigenvalue weighted by atomic mass is 9.86. The minimum absolute atomic E-state index is 0.00282. The molecular formula is C46H58N12O9S. The number of phenolic OH excluding ortho intramolecular Hbond substituents is 1. The maximum Gasteiger partial charge on any atom is 0.274 e. The number of aromatic nitrogens is 2. The molecule has 0 radical (unpaired) electrons. The zero-order valence-electron chi connectivity index (χ0n) is 38.9. The summed E-state index contributed by atoms with van der Waals surface area (Å²) in [5.74, 6) is -4.05. The number of fused-ring (bicyclic) bond motifs is 5. The number of aromatic hydroxyl groups is 1. The lowest BCUT2D eigenvalue weighted by Crippen LogP contribution is -2.57. The van der Waals surface area contributed by atoms with Crippen LogP contribution in [0.1, 0.15) is 77.7 Å². The lowest BCUT2D eigenvalue weighted by molar-refractivity contribution is -0.141. The second-order valence-corrected chi connectivity index (χ2v) is 18.7. The SMILES string of the molecule is Cc1nc(-c2ccc(C(C)(C)C)cc2)nc(C)c1C(=O)NC(CNS(N)(=O)=O)C(=O)N(C)C1C(=O)NC(C)C(=O)NC(C(=O)NCC#N)Cc2ccc(OCCN)c(c2)-c2cc1cc(CN)c2O. The molecule has 1 aromatic heterocycles. The summed E-state index contributed by atoms with van der Waals surface area (Å²) in [4.78, 5) is 80.8. The molecule has 3 aromatic carbocycles. The molecule has 4 atom stereocenters. The Hall–Kier alpha value is -7.03. The summed E-state index contributed by atoms with van der Waals surface area (Å²) in [5.41, 5.74) is 15.1. The predicted molar refractivity (Wildman–Crippen MR) is 251 cm³/mol. The summed E-state index contributed by atoms with van der Waals surface area (Å²) >= 11 is 0. The van der Waals surface area contributed by atoms with Crippen LogP contribution in [-0.2, 0) is 47.8 Å². The molecule has 0 fully saturated rings. The normalized spacial score (nSPS) is 16.8. The number of likely N-dealkylation sites (N-methyl/N-ethyl adjacent to an activating group) is 1. The second-order valence-electron chi connectivity index (χ2n) is 17.3. The third-order valence-corrected chi connectivity index (χ3v) is 11.8. The molecule has 0 spiro atoms. The smallest absolute Gasteiger partial charge is 0.274 e. The van der Waals surface area contributed by atoms with Gasteiger partial charge in [-0.25, -0.2) is 15.1 Å². The van der Waals surface area contributed by atoms with Crippen molar-refractivity contribution in [2.75, 3.05) is 33.3 Å². The van der Waals surface area contributed by atoms with Crippen LogP contribution in [0.3, 0.4) is 0 Å². The molecule has 68 heavy (non-hydrogen) atoms. The molecule has 21 nitrogen and oxygen atoms in total. The molecule has 1 aliphatic rings. The van der Waals surface area contributed by atoms with Crippen LogP contribution in [0, 0.1) is 25.2 Å². The Kier molecular flexibility index (Phi) is 16.6. The van der Waals surface area contributed by atoms with E-state index in [1.165, 1.54) is 26.1 Å². The number of rotatable bonds is 14. The van der Waals surface area contributed by atoms with Crippen LogP contribution in [0.4, 0.5) is 0 Å². The van der Waals surface area contributed by atoms with Crippen molar-refractivity contribution < 1.29 is 42.2 Å². The molecule has 2 heterocycles. The molecule has 5 rings (SSSR count). The Morgan fingerprint density at radius 3 is 2.25 bits per heavy atom. The van der Waals surface area contributed by atoms with Gasteiger partial charge in [0.25, 0.3) is 16.1 Å². The maximum absolute atomic E-state index is 14.8. The number of phenols is 1. The van der Waals surface area contributed by atoms with Gasteiger partial charge in [0.2, 0.25) is 23.6 Å². The number of nitrogens with zero attached hydrogens (tertiary/aromatic N) is 4. The number of hydrogen-bond acceptors (Lipinski definition) is 14. The van der Waals surface area contributed by atoms with E-state index in [0.717, 1.165) is 10.5 Å². The van der Waals surface area contributed by atoms with Crippen molar-refractivity contribution in [2.24, 2.45) is 16.6 Å². The standard InChI is InChI=1S/C46H58N12O9S/c1-24-37(25(2)54-40(53-24)28-9-11-31(12-10-28)46(4,5)6)43(62)57-35(23-52-68(50,65)66)45(64)58(7)38-29-20-30(22-49)39(59)33(21-29)32-18-27(8-13-36(32)67-17-15-48)19-34(42(61)51-16-14-47)56-41(60)26(3)55-44(38)63/h8-13,18,20-21,26,34-35,38,52,59H,15-17,19,22-23,48-49H2,1-7H3,(H,51,61)(H,55,63)(H,56,60)(H,57,62)(H2,50,65,66). The summed E-state index contributed by atoms with van der Waals surface area (Å²) in [6, 6.07) is 11.1. The van der Waals surface area contributed by atoms with E-state index < -0.39 is 70.5 Å². The molecule has 1 aliphatic heterocycles. The number of carbonyl (C=O) groups is 5. The van der Waals surface area contributed by atoms with Crippen molar-refractivity contribution in [3.05, 3.63) is 93.8 Å². The van der Waals surface area contributed by atoms with Crippen molar-refractivity contribution in [3.63, 3.8) is 0 Å². The minimum Gasteiger partial charge on any atom is -0.507 e. The third kappa shape index (κ3) is 12.5. The van der Waals surface area contributed by atoms with E-state index >= 15 is 0 Å². The largest absolute Gasteiger partial charge is 0.507 e. The Morgan fingerprint density at radius 2 is 1.66 bits per heavy atom.